The maximum Gasteiger partial charge on any atom is 0.396 e. The van der Waals surface area contributed by atoms with Crippen LogP contribution in [-0.2, 0) is 4.79 Å². The van der Waals surface area contributed by atoms with E-state index in [1.165, 1.54) is 6.92 Å². The number of hydrogen-bond acceptors (Lipinski definition) is 2. The standard InChI is InChI=1S/C22H42F3NO2/c1-7-9-13-20(6,17(3)4)15-26-19(28)12-11-18(5)21(16-27,14-10-8-2)22(23,24)25/h17-18,27H,7-16H2,1-6H3,(H,26,28)/t18?,20-,21+/m1/s1. The van der Waals surface area contributed by atoms with Crippen molar-refractivity contribution >= 4 is 5.91 Å². The van der Waals surface area contributed by atoms with E-state index in [-0.39, 0.29) is 30.6 Å². The third-order valence-corrected chi connectivity index (χ3v) is 6.76. The number of carbonyl (C=O) groups is 1. The summed E-state index contributed by atoms with van der Waals surface area (Å²) in [5.41, 5.74) is -2.14. The van der Waals surface area contributed by atoms with E-state index in [1.807, 2.05) is 6.92 Å². The van der Waals surface area contributed by atoms with Crippen LogP contribution in [0.2, 0.25) is 0 Å². The number of halogens is 3. The molecule has 0 radical (unpaired) electrons. The van der Waals surface area contributed by atoms with Crippen molar-refractivity contribution in [2.75, 3.05) is 13.2 Å². The molecule has 0 aliphatic carbocycles. The number of nitrogens with one attached hydrogen (secondary N) is 1. The van der Waals surface area contributed by atoms with Crippen molar-refractivity contribution in [3.63, 3.8) is 0 Å². The maximum absolute atomic E-state index is 13.7. The molecule has 0 rings (SSSR count). The highest BCUT2D eigenvalue weighted by molar-refractivity contribution is 5.75. The molecule has 28 heavy (non-hydrogen) atoms. The summed E-state index contributed by atoms with van der Waals surface area (Å²) in [5, 5.41) is 12.5. The van der Waals surface area contributed by atoms with Crippen molar-refractivity contribution in [1.29, 1.82) is 0 Å². The fraction of sp³-hybridized carbons (Fsp3) is 0.955. The lowest BCUT2D eigenvalue weighted by atomic mass is 9.70. The van der Waals surface area contributed by atoms with E-state index in [0.717, 1.165) is 19.3 Å². The van der Waals surface area contributed by atoms with Gasteiger partial charge in [0.15, 0.2) is 0 Å². The van der Waals surface area contributed by atoms with Crippen LogP contribution in [0.5, 0.6) is 0 Å². The summed E-state index contributed by atoms with van der Waals surface area (Å²) in [6.07, 6.45) is -0.197. The molecule has 0 saturated heterocycles. The van der Waals surface area contributed by atoms with Crippen molar-refractivity contribution in [2.45, 2.75) is 99.1 Å². The molecular weight excluding hydrogens is 367 g/mol. The van der Waals surface area contributed by atoms with E-state index in [4.69, 9.17) is 0 Å². The Hall–Kier alpha value is -0.780. The van der Waals surface area contributed by atoms with Crippen LogP contribution in [0.1, 0.15) is 92.9 Å². The molecule has 0 aliphatic heterocycles. The van der Waals surface area contributed by atoms with E-state index in [9.17, 15) is 23.1 Å². The number of rotatable bonds is 14. The molecule has 0 fully saturated rings. The minimum atomic E-state index is -4.48. The predicted molar refractivity (Wildman–Crippen MR) is 109 cm³/mol. The van der Waals surface area contributed by atoms with Crippen molar-refractivity contribution in [3.8, 4) is 0 Å². The number of aliphatic hydroxyl groups is 1. The second-order valence-corrected chi connectivity index (χ2v) is 9.04. The van der Waals surface area contributed by atoms with Gasteiger partial charge in [0.05, 0.1) is 12.0 Å². The van der Waals surface area contributed by atoms with Gasteiger partial charge in [-0.2, -0.15) is 13.2 Å². The van der Waals surface area contributed by atoms with Gasteiger partial charge in [-0.25, -0.2) is 0 Å². The van der Waals surface area contributed by atoms with Crippen LogP contribution in [-0.4, -0.2) is 30.3 Å². The molecule has 0 aromatic carbocycles. The van der Waals surface area contributed by atoms with Gasteiger partial charge in [0.25, 0.3) is 0 Å². The van der Waals surface area contributed by atoms with Crippen LogP contribution in [0.15, 0.2) is 0 Å². The molecule has 6 heteroatoms. The Morgan fingerprint density at radius 1 is 1.04 bits per heavy atom. The summed E-state index contributed by atoms with van der Waals surface area (Å²) < 4.78 is 41.2. The topological polar surface area (TPSA) is 49.3 Å². The lowest BCUT2D eigenvalue weighted by Crippen LogP contribution is -2.47. The van der Waals surface area contributed by atoms with E-state index < -0.39 is 24.1 Å². The summed E-state index contributed by atoms with van der Waals surface area (Å²) in [6.45, 7) is 11.5. The van der Waals surface area contributed by atoms with Gasteiger partial charge in [-0.15, -0.1) is 0 Å². The fourth-order valence-corrected chi connectivity index (χ4v) is 3.66. The largest absolute Gasteiger partial charge is 0.396 e. The molecule has 168 valence electrons. The number of amides is 1. The summed E-state index contributed by atoms with van der Waals surface area (Å²) in [6, 6.07) is 0. The van der Waals surface area contributed by atoms with Crippen molar-refractivity contribution < 1.29 is 23.1 Å². The fourth-order valence-electron chi connectivity index (χ4n) is 3.66. The number of aliphatic hydroxyl groups excluding tert-OH is 1. The van der Waals surface area contributed by atoms with Gasteiger partial charge in [0.2, 0.25) is 5.91 Å². The lowest BCUT2D eigenvalue weighted by Gasteiger charge is -2.39. The molecule has 0 aromatic rings. The van der Waals surface area contributed by atoms with Crippen LogP contribution >= 0.6 is 0 Å². The lowest BCUT2D eigenvalue weighted by molar-refractivity contribution is -0.257. The first-order valence-electron chi connectivity index (χ1n) is 10.8. The normalized spacial score (nSPS) is 17.8. The van der Waals surface area contributed by atoms with Gasteiger partial charge in [-0.05, 0) is 36.5 Å². The van der Waals surface area contributed by atoms with Crippen LogP contribution in [0.3, 0.4) is 0 Å². The van der Waals surface area contributed by atoms with Crippen LogP contribution in [0, 0.1) is 22.7 Å². The highest BCUT2D eigenvalue weighted by Gasteiger charge is 2.56. The van der Waals surface area contributed by atoms with Gasteiger partial charge in [0.1, 0.15) is 0 Å². The van der Waals surface area contributed by atoms with Gasteiger partial charge in [-0.3, -0.25) is 4.79 Å². The highest BCUT2D eigenvalue weighted by atomic mass is 19.4. The van der Waals surface area contributed by atoms with Gasteiger partial charge >= 0.3 is 6.18 Å². The first kappa shape index (κ1) is 27.2. The second-order valence-electron chi connectivity index (χ2n) is 9.04. The van der Waals surface area contributed by atoms with E-state index in [2.05, 4.69) is 33.0 Å². The quantitative estimate of drug-likeness (QED) is 0.364. The maximum atomic E-state index is 13.7. The zero-order chi connectivity index (χ0) is 22.0. The molecule has 2 N–H and O–H groups in total. The Labute approximate surface area is 169 Å². The molecule has 1 amide bonds. The van der Waals surface area contributed by atoms with Crippen molar-refractivity contribution in [3.05, 3.63) is 0 Å². The Bertz CT molecular complexity index is 454. The Balaban J connectivity index is 4.89. The SMILES string of the molecule is CCCC[C@](C)(CNC(=O)CCC(C)[C@@](CO)(CCCC)C(F)(F)F)C(C)C. The number of alkyl halides is 3. The first-order valence-corrected chi connectivity index (χ1v) is 10.8. The zero-order valence-electron chi connectivity index (χ0n) is 18.7. The summed E-state index contributed by atoms with van der Waals surface area (Å²) in [4.78, 5) is 12.3. The average molecular weight is 410 g/mol. The van der Waals surface area contributed by atoms with Crippen LogP contribution < -0.4 is 5.32 Å². The Morgan fingerprint density at radius 2 is 1.57 bits per heavy atom. The number of unbranched alkanes of at least 4 members (excludes halogenated alkanes) is 2. The van der Waals surface area contributed by atoms with E-state index in [1.54, 1.807) is 0 Å². The van der Waals surface area contributed by atoms with Crippen LogP contribution in [0.4, 0.5) is 13.2 Å². The molecule has 0 spiro atoms. The minimum Gasteiger partial charge on any atom is -0.395 e. The summed E-state index contributed by atoms with van der Waals surface area (Å²) >= 11 is 0. The number of carbonyl (C=O) groups excluding carboxylic acids is 1. The summed E-state index contributed by atoms with van der Waals surface area (Å²) in [7, 11) is 0. The predicted octanol–water partition coefficient (Wildman–Crippen LogP) is 6.10. The van der Waals surface area contributed by atoms with Crippen molar-refractivity contribution in [1.82, 2.24) is 5.32 Å². The van der Waals surface area contributed by atoms with Gasteiger partial charge < -0.3 is 10.4 Å². The molecule has 1 unspecified atom stereocenters. The monoisotopic (exact) mass is 409 g/mol. The summed E-state index contributed by atoms with van der Waals surface area (Å²) in [5.74, 6) is -0.620. The molecule has 0 saturated carbocycles. The Kier molecular flexibility index (Phi) is 11.7. The number of hydrogen-bond donors (Lipinski definition) is 2. The minimum absolute atomic E-state index is 0.0146. The third kappa shape index (κ3) is 7.57. The van der Waals surface area contributed by atoms with Gasteiger partial charge in [-0.1, -0.05) is 67.2 Å². The average Bonchev–Trinajstić information content (AvgIpc) is 2.62. The molecule has 0 heterocycles. The smallest absolute Gasteiger partial charge is 0.395 e. The molecule has 0 bridgehead atoms. The van der Waals surface area contributed by atoms with E-state index >= 15 is 0 Å². The molecule has 3 atom stereocenters. The van der Waals surface area contributed by atoms with E-state index in [0.29, 0.717) is 25.3 Å². The Morgan fingerprint density at radius 3 is 2.00 bits per heavy atom. The molecule has 3 nitrogen and oxygen atoms in total. The van der Waals surface area contributed by atoms with Crippen molar-refractivity contribution in [2.24, 2.45) is 22.7 Å². The van der Waals surface area contributed by atoms with Crippen LogP contribution in [0.25, 0.3) is 0 Å². The zero-order valence-corrected chi connectivity index (χ0v) is 18.7. The van der Waals surface area contributed by atoms with Gasteiger partial charge in [0, 0.05) is 13.0 Å². The first-order chi connectivity index (χ1) is 12.9. The highest BCUT2D eigenvalue weighted by Crippen LogP contribution is 2.49. The molecule has 0 aliphatic rings. The molecule has 0 aromatic heterocycles. The molecular formula is C22H42F3NO2. The second kappa shape index (κ2) is 12.0. The third-order valence-electron chi connectivity index (χ3n) is 6.76.